The van der Waals surface area contributed by atoms with Crippen LogP contribution in [0.1, 0.15) is 5.56 Å². The molecule has 6 aromatic rings. The van der Waals surface area contributed by atoms with Crippen LogP contribution in [0.25, 0.3) is 55.7 Å². The van der Waals surface area contributed by atoms with E-state index in [1.54, 1.807) is 24.8 Å². The van der Waals surface area contributed by atoms with Gasteiger partial charge in [-0.3, -0.25) is 21.7 Å². The molecule has 0 bridgehead atoms. The van der Waals surface area contributed by atoms with Crippen molar-refractivity contribution in [3.05, 3.63) is 79.1 Å². The highest BCUT2D eigenvalue weighted by Gasteiger charge is 2.43. The first-order valence-corrected chi connectivity index (χ1v) is 11.7. The number of nitrogens with one attached hydrogen (secondary N) is 1. The van der Waals surface area contributed by atoms with Gasteiger partial charge in [-0.05, 0) is 54.3 Å². The first kappa shape index (κ1) is 24.3. The first-order chi connectivity index (χ1) is 19.0. The van der Waals surface area contributed by atoms with E-state index in [2.05, 4.69) is 46.1 Å². The Morgan fingerprint density at radius 1 is 0.795 bits per heavy atom. The van der Waals surface area contributed by atoms with Crippen LogP contribution in [0.15, 0.2) is 73.6 Å². The molecule has 12 heteroatoms. The fourth-order valence-electron chi connectivity index (χ4n) is 4.76. The summed E-state index contributed by atoms with van der Waals surface area (Å²) >= 11 is 0. The number of nitrogens with two attached hydrogens (primary N) is 2. The minimum absolute atomic E-state index is 0.0156. The molecule has 0 unspecified atom stereocenters. The smallest absolute Gasteiger partial charge is 0.395 e. The van der Waals surface area contributed by atoms with Gasteiger partial charge in [-0.2, -0.15) is 0 Å². The average molecular weight is 527 g/mol. The second-order valence-electron chi connectivity index (χ2n) is 8.56. The highest BCUT2D eigenvalue weighted by Crippen LogP contribution is 2.44. The number of aromatic nitrogens is 6. The average Bonchev–Trinajstić information content (AvgIpc) is 3.56. The molecule has 0 fully saturated rings. The van der Waals surface area contributed by atoms with E-state index in [1.165, 1.54) is 18.5 Å². The number of aromatic amines is 1. The molecule has 0 aliphatic carbocycles. The molecule has 1 aliphatic heterocycles. The molecule has 0 amide bonds. The molecule has 7 rings (SSSR count). The Bertz CT molecular complexity index is 1860. The van der Waals surface area contributed by atoms with Gasteiger partial charge in [-0.15, -0.1) is 8.78 Å². The molecule has 0 saturated carbocycles. The Balaban J connectivity index is 0.00000135. The number of imidazole rings is 1. The van der Waals surface area contributed by atoms with Crippen molar-refractivity contribution in [1.82, 2.24) is 29.9 Å². The van der Waals surface area contributed by atoms with Crippen LogP contribution in [0.5, 0.6) is 11.5 Å². The Morgan fingerprint density at radius 2 is 1.62 bits per heavy atom. The van der Waals surface area contributed by atoms with Gasteiger partial charge >= 0.3 is 6.29 Å². The summed E-state index contributed by atoms with van der Waals surface area (Å²) in [4.78, 5) is 25.5. The number of rotatable bonds is 3. The zero-order valence-electron chi connectivity index (χ0n) is 20.4. The predicted octanol–water partition coefficient (Wildman–Crippen LogP) is 4.75. The number of alkyl halides is 2. The SMILES string of the molecule is Cc1ccc2c(-c3ccc4c(c3)OC(F)(F)O4)nccc2c1-c1ncccc1-c1ncnc2[nH]cnc12.NN. The van der Waals surface area contributed by atoms with Crippen LogP contribution in [0, 0.1) is 6.92 Å². The lowest BCUT2D eigenvalue weighted by molar-refractivity contribution is -0.286. The van der Waals surface area contributed by atoms with Crippen molar-refractivity contribution in [2.75, 3.05) is 0 Å². The van der Waals surface area contributed by atoms with Gasteiger partial charge in [0.15, 0.2) is 17.1 Å². The normalized spacial score (nSPS) is 13.4. The number of nitrogens with zero attached hydrogens (tertiary/aromatic N) is 5. The summed E-state index contributed by atoms with van der Waals surface area (Å²) in [6.45, 7) is 2.01. The Kier molecular flexibility index (Phi) is 5.82. The number of benzene rings is 2. The van der Waals surface area contributed by atoms with Gasteiger partial charge in [0, 0.05) is 34.5 Å². The van der Waals surface area contributed by atoms with Crippen molar-refractivity contribution < 1.29 is 18.3 Å². The highest BCUT2D eigenvalue weighted by atomic mass is 19.3. The lowest BCUT2D eigenvalue weighted by Gasteiger charge is -2.15. The summed E-state index contributed by atoms with van der Waals surface area (Å²) in [5.74, 6) is 7.95. The van der Waals surface area contributed by atoms with E-state index in [0.717, 1.165) is 33.2 Å². The van der Waals surface area contributed by atoms with Crippen LogP contribution in [0.4, 0.5) is 8.78 Å². The standard InChI is InChI=1S/C27H16F2N6O2.H4N2/c1-14-4-6-17-16(8-10-31-22(17)15-5-7-19-20(11-15)37-27(28,29)36-19)21(14)23-18(3-2-9-30-23)24-25-26(34-12-32-24)35-13-33-25;1-2/h2-13H,1H3,(H,32,33,34,35);1-2H2. The molecule has 2 aromatic carbocycles. The first-order valence-electron chi connectivity index (χ1n) is 11.7. The largest absolute Gasteiger partial charge is 0.586 e. The lowest BCUT2D eigenvalue weighted by Crippen LogP contribution is -2.25. The minimum Gasteiger partial charge on any atom is -0.395 e. The highest BCUT2D eigenvalue weighted by molar-refractivity contribution is 6.06. The fraction of sp³-hybridized carbons (Fsp3) is 0.0741. The van der Waals surface area contributed by atoms with Crippen molar-refractivity contribution in [3.63, 3.8) is 0 Å². The van der Waals surface area contributed by atoms with Crippen molar-refractivity contribution in [2.24, 2.45) is 11.7 Å². The van der Waals surface area contributed by atoms with Crippen molar-refractivity contribution in [3.8, 4) is 45.3 Å². The minimum atomic E-state index is -3.69. The Hall–Kier alpha value is -5.07. The van der Waals surface area contributed by atoms with E-state index in [0.29, 0.717) is 28.1 Å². The zero-order chi connectivity index (χ0) is 27.1. The number of halogens is 2. The second-order valence-corrected chi connectivity index (χ2v) is 8.56. The number of fused-ring (bicyclic) bond motifs is 3. The molecular formula is C27H20F2N8O2. The number of ether oxygens (including phenoxy) is 2. The molecule has 4 aromatic heterocycles. The molecule has 10 nitrogen and oxygen atoms in total. The third kappa shape index (κ3) is 4.07. The Morgan fingerprint density at radius 3 is 2.49 bits per heavy atom. The maximum Gasteiger partial charge on any atom is 0.586 e. The fourth-order valence-corrected chi connectivity index (χ4v) is 4.76. The van der Waals surface area contributed by atoms with E-state index < -0.39 is 6.29 Å². The van der Waals surface area contributed by atoms with E-state index in [1.807, 2.05) is 37.3 Å². The molecule has 194 valence electrons. The van der Waals surface area contributed by atoms with Crippen LogP contribution in [0.3, 0.4) is 0 Å². The van der Waals surface area contributed by atoms with Gasteiger partial charge in [0.05, 0.1) is 17.7 Å². The van der Waals surface area contributed by atoms with Crippen LogP contribution >= 0.6 is 0 Å². The quantitative estimate of drug-likeness (QED) is 0.219. The van der Waals surface area contributed by atoms with Gasteiger partial charge in [-0.25, -0.2) is 15.0 Å². The number of hydrazine groups is 1. The summed E-state index contributed by atoms with van der Waals surface area (Å²) in [6.07, 6.45) is 2.82. The molecule has 0 saturated heterocycles. The second kappa shape index (κ2) is 9.35. The molecule has 5 N–H and O–H groups in total. The van der Waals surface area contributed by atoms with E-state index >= 15 is 0 Å². The van der Waals surface area contributed by atoms with Crippen LogP contribution < -0.4 is 21.2 Å². The summed E-state index contributed by atoms with van der Waals surface area (Å²) in [5, 5.41) is 1.73. The number of hydrogen-bond donors (Lipinski definition) is 3. The molecule has 1 aliphatic rings. The van der Waals surface area contributed by atoms with E-state index in [-0.39, 0.29) is 11.5 Å². The van der Waals surface area contributed by atoms with Gasteiger partial charge < -0.3 is 14.5 Å². The molecule has 0 atom stereocenters. The van der Waals surface area contributed by atoms with Gasteiger partial charge in [0.25, 0.3) is 0 Å². The molecular weight excluding hydrogens is 506 g/mol. The summed E-state index contributed by atoms with van der Waals surface area (Å²) in [7, 11) is 0. The maximum atomic E-state index is 13.6. The zero-order valence-corrected chi connectivity index (χ0v) is 20.4. The van der Waals surface area contributed by atoms with E-state index in [9.17, 15) is 8.78 Å². The lowest BCUT2D eigenvalue weighted by atomic mass is 9.92. The van der Waals surface area contributed by atoms with Gasteiger partial charge in [-0.1, -0.05) is 12.1 Å². The molecule has 0 spiro atoms. The molecule has 39 heavy (non-hydrogen) atoms. The van der Waals surface area contributed by atoms with Gasteiger partial charge in [0.1, 0.15) is 17.5 Å². The Labute approximate surface area is 219 Å². The predicted molar refractivity (Wildman–Crippen MR) is 140 cm³/mol. The number of aryl methyl sites for hydroxylation is 1. The molecule has 5 heterocycles. The van der Waals surface area contributed by atoms with Crippen LogP contribution in [-0.4, -0.2) is 36.2 Å². The molecule has 0 radical (unpaired) electrons. The number of pyridine rings is 2. The van der Waals surface area contributed by atoms with Crippen molar-refractivity contribution >= 4 is 21.9 Å². The van der Waals surface area contributed by atoms with Crippen LogP contribution in [-0.2, 0) is 0 Å². The number of H-pyrrole nitrogens is 1. The monoisotopic (exact) mass is 526 g/mol. The number of hydrogen-bond acceptors (Lipinski definition) is 9. The summed E-state index contributed by atoms with van der Waals surface area (Å²) in [5.41, 5.74) is 6.64. The van der Waals surface area contributed by atoms with E-state index in [4.69, 9.17) is 4.98 Å². The third-order valence-electron chi connectivity index (χ3n) is 6.35. The van der Waals surface area contributed by atoms with Crippen molar-refractivity contribution in [1.29, 1.82) is 0 Å². The summed E-state index contributed by atoms with van der Waals surface area (Å²) < 4.78 is 36.4. The van der Waals surface area contributed by atoms with Crippen molar-refractivity contribution in [2.45, 2.75) is 13.2 Å². The van der Waals surface area contributed by atoms with Gasteiger partial charge in [0.2, 0.25) is 0 Å². The third-order valence-corrected chi connectivity index (χ3v) is 6.35. The topological polar surface area (TPSA) is 151 Å². The van der Waals surface area contributed by atoms with Crippen LogP contribution in [0.2, 0.25) is 0 Å². The maximum absolute atomic E-state index is 13.6. The summed E-state index contributed by atoms with van der Waals surface area (Å²) in [6, 6.07) is 14.4.